The summed E-state index contributed by atoms with van der Waals surface area (Å²) in [5.41, 5.74) is 2.33. The topological polar surface area (TPSA) is 35.6 Å². The van der Waals surface area contributed by atoms with Crippen LogP contribution in [0, 0.1) is 0 Å². The van der Waals surface area contributed by atoms with Crippen LogP contribution in [-0.2, 0) is 4.79 Å². The van der Waals surface area contributed by atoms with Gasteiger partial charge in [0.25, 0.3) is 0 Å². The Kier molecular flexibility index (Phi) is 6.65. The summed E-state index contributed by atoms with van der Waals surface area (Å²) in [5.74, 6) is 1.50. The average Bonchev–Trinajstić information content (AvgIpc) is 2.98. The Morgan fingerprint density at radius 1 is 1.12 bits per heavy atom. The van der Waals surface area contributed by atoms with Gasteiger partial charge in [-0.15, -0.1) is 0 Å². The predicted molar refractivity (Wildman–Crippen MR) is 109 cm³/mol. The fourth-order valence-electron chi connectivity index (χ4n) is 3.91. The fraction of sp³-hybridized carbons (Fsp3) is 0.650. The van der Waals surface area contributed by atoms with E-state index in [1.54, 1.807) is 0 Å². The lowest BCUT2D eigenvalue weighted by molar-refractivity contribution is -0.117. The number of piperidine rings is 1. The molecule has 2 saturated heterocycles. The maximum atomic E-state index is 12.0. The van der Waals surface area contributed by atoms with E-state index < -0.39 is 0 Å². The van der Waals surface area contributed by atoms with E-state index in [1.165, 1.54) is 30.7 Å². The van der Waals surface area contributed by atoms with E-state index in [-0.39, 0.29) is 5.91 Å². The van der Waals surface area contributed by atoms with Crippen molar-refractivity contribution in [2.75, 3.05) is 41.4 Å². The van der Waals surface area contributed by atoms with Gasteiger partial charge in [0.1, 0.15) is 0 Å². The van der Waals surface area contributed by atoms with Crippen molar-refractivity contribution < 1.29 is 4.79 Å². The number of nitrogens with zero attached hydrogens (tertiary/aromatic N) is 2. The van der Waals surface area contributed by atoms with Gasteiger partial charge >= 0.3 is 0 Å². The van der Waals surface area contributed by atoms with Crippen LogP contribution in [0.25, 0.3) is 0 Å². The molecule has 1 aromatic carbocycles. The summed E-state index contributed by atoms with van der Waals surface area (Å²) in [7, 11) is 0. The van der Waals surface area contributed by atoms with Gasteiger partial charge < -0.3 is 15.1 Å². The fourth-order valence-corrected chi connectivity index (χ4v) is 4.35. The lowest BCUT2D eigenvalue weighted by atomic mass is 10.0. The molecule has 2 heterocycles. The van der Waals surface area contributed by atoms with Gasteiger partial charge in [-0.25, -0.2) is 0 Å². The van der Waals surface area contributed by atoms with Crippen LogP contribution >= 0.6 is 11.8 Å². The smallest absolute Gasteiger partial charge is 0.227 e. The first kappa shape index (κ1) is 18.6. The summed E-state index contributed by atoms with van der Waals surface area (Å²) in [6.45, 7) is 5.50. The van der Waals surface area contributed by atoms with Crippen molar-refractivity contribution in [1.29, 1.82) is 0 Å². The SMILES string of the molecule is CSCCCNC1CCN(c2ccc(N3C(=O)CC[C@@H]3C)cc2)CC1. The summed E-state index contributed by atoms with van der Waals surface area (Å²) >= 11 is 1.92. The third-order valence-corrected chi connectivity index (χ3v) is 6.13. The third-order valence-electron chi connectivity index (χ3n) is 5.43. The molecule has 2 fully saturated rings. The van der Waals surface area contributed by atoms with Crippen LogP contribution in [0.5, 0.6) is 0 Å². The molecule has 3 rings (SSSR count). The van der Waals surface area contributed by atoms with Crippen LogP contribution in [0.4, 0.5) is 11.4 Å². The minimum atomic E-state index is 0.258. The number of anilines is 2. The average molecular weight is 362 g/mol. The molecular weight excluding hydrogens is 330 g/mol. The largest absolute Gasteiger partial charge is 0.371 e. The van der Waals surface area contributed by atoms with Crippen molar-refractivity contribution in [2.45, 2.75) is 51.1 Å². The van der Waals surface area contributed by atoms with E-state index in [4.69, 9.17) is 0 Å². The monoisotopic (exact) mass is 361 g/mol. The summed E-state index contributed by atoms with van der Waals surface area (Å²) in [6.07, 6.45) is 7.50. The number of benzene rings is 1. The van der Waals surface area contributed by atoms with Crippen LogP contribution in [0.15, 0.2) is 24.3 Å². The normalized spacial score (nSPS) is 22.0. The Labute approximate surface area is 156 Å². The van der Waals surface area contributed by atoms with Crippen molar-refractivity contribution in [3.63, 3.8) is 0 Å². The Balaban J connectivity index is 1.50. The molecule has 0 aromatic heterocycles. The van der Waals surface area contributed by atoms with Crippen LogP contribution in [-0.4, -0.2) is 49.6 Å². The quantitative estimate of drug-likeness (QED) is 0.754. The minimum absolute atomic E-state index is 0.258. The lowest BCUT2D eigenvalue weighted by Gasteiger charge is -2.34. The number of carbonyl (C=O) groups excluding carboxylic acids is 1. The number of amides is 1. The van der Waals surface area contributed by atoms with Crippen molar-refractivity contribution in [1.82, 2.24) is 5.32 Å². The van der Waals surface area contributed by atoms with Crippen molar-refractivity contribution in [3.05, 3.63) is 24.3 Å². The molecular formula is C20H31N3OS. The standard InChI is InChI=1S/C20H31N3OS/c1-16-4-9-20(24)23(16)19-7-5-18(6-8-19)22-13-10-17(11-14-22)21-12-3-15-25-2/h5-8,16-17,21H,3-4,9-15H2,1-2H3/t16-/m0/s1. The second-order valence-electron chi connectivity index (χ2n) is 7.23. The molecule has 1 atom stereocenters. The first-order valence-corrected chi connectivity index (χ1v) is 11.0. The molecule has 2 aliphatic heterocycles. The third kappa shape index (κ3) is 4.70. The molecule has 2 aliphatic rings. The van der Waals surface area contributed by atoms with Crippen LogP contribution < -0.4 is 15.1 Å². The maximum absolute atomic E-state index is 12.0. The van der Waals surface area contributed by atoms with E-state index in [9.17, 15) is 4.79 Å². The molecule has 25 heavy (non-hydrogen) atoms. The Bertz CT molecular complexity index is 555. The second-order valence-corrected chi connectivity index (χ2v) is 8.22. The highest BCUT2D eigenvalue weighted by Crippen LogP contribution is 2.29. The number of hydrogen-bond acceptors (Lipinski definition) is 4. The van der Waals surface area contributed by atoms with Crippen LogP contribution in [0.2, 0.25) is 0 Å². The van der Waals surface area contributed by atoms with Crippen LogP contribution in [0.1, 0.15) is 39.0 Å². The molecule has 138 valence electrons. The summed E-state index contributed by atoms with van der Waals surface area (Å²) in [5, 5.41) is 3.70. The van der Waals surface area contributed by atoms with Gasteiger partial charge in [-0.3, -0.25) is 4.79 Å². The Hall–Kier alpha value is -1.20. The molecule has 1 amide bonds. The highest BCUT2D eigenvalue weighted by molar-refractivity contribution is 7.98. The van der Waals surface area contributed by atoms with E-state index in [0.29, 0.717) is 18.5 Å². The maximum Gasteiger partial charge on any atom is 0.227 e. The van der Waals surface area contributed by atoms with Gasteiger partial charge in [0.15, 0.2) is 0 Å². The summed E-state index contributed by atoms with van der Waals surface area (Å²) in [4.78, 5) is 16.5. The van der Waals surface area contributed by atoms with Crippen molar-refractivity contribution in [2.24, 2.45) is 0 Å². The number of rotatable bonds is 7. The molecule has 0 unspecified atom stereocenters. The van der Waals surface area contributed by atoms with E-state index in [0.717, 1.165) is 31.7 Å². The zero-order chi connectivity index (χ0) is 17.6. The van der Waals surface area contributed by atoms with Gasteiger partial charge in [0, 0.05) is 43.0 Å². The summed E-state index contributed by atoms with van der Waals surface area (Å²) < 4.78 is 0. The van der Waals surface area contributed by atoms with E-state index >= 15 is 0 Å². The molecule has 0 saturated carbocycles. The van der Waals surface area contributed by atoms with Gasteiger partial charge in [-0.05, 0) is 75.4 Å². The van der Waals surface area contributed by atoms with Crippen molar-refractivity contribution in [3.8, 4) is 0 Å². The minimum Gasteiger partial charge on any atom is -0.371 e. The number of hydrogen-bond donors (Lipinski definition) is 1. The van der Waals surface area contributed by atoms with E-state index in [2.05, 4.69) is 47.7 Å². The number of thioether (sulfide) groups is 1. The molecule has 0 radical (unpaired) electrons. The Morgan fingerprint density at radius 3 is 2.40 bits per heavy atom. The van der Waals surface area contributed by atoms with Gasteiger partial charge in [-0.1, -0.05) is 0 Å². The Morgan fingerprint density at radius 2 is 1.80 bits per heavy atom. The summed E-state index contributed by atoms with van der Waals surface area (Å²) in [6, 6.07) is 9.58. The van der Waals surface area contributed by atoms with Gasteiger partial charge in [-0.2, -0.15) is 11.8 Å². The van der Waals surface area contributed by atoms with Gasteiger partial charge in [0.2, 0.25) is 5.91 Å². The molecule has 5 heteroatoms. The lowest BCUT2D eigenvalue weighted by Crippen LogP contribution is -2.42. The van der Waals surface area contributed by atoms with Crippen LogP contribution in [0.3, 0.4) is 0 Å². The molecule has 0 spiro atoms. The predicted octanol–water partition coefficient (Wildman–Crippen LogP) is 3.51. The first-order chi connectivity index (χ1) is 12.2. The molecule has 4 nitrogen and oxygen atoms in total. The van der Waals surface area contributed by atoms with Crippen molar-refractivity contribution >= 4 is 29.0 Å². The number of nitrogens with one attached hydrogen (secondary N) is 1. The number of carbonyl (C=O) groups is 1. The molecule has 0 bridgehead atoms. The molecule has 1 N–H and O–H groups in total. The zero-order valence-corrected chi connectivity index (χ0v) is 16.4. The first-order valence-electron chi connectivity index (χ1n) is 9.58. The van der Waals surface area contributed by atoms with Gasteiger partial charge in [0.05, 0.1) is 0 Å². The second kappa shape index (κ2) is 8.95. The molecule has 1 aromatic rings. The highest BCUT2D eigenvalue weighted by Gasteiger charge is 2.28. The van der Waals surface area contributed by atoms with E-state index in [1.807, 2.05) is 16.7 Å². The zero-order valence-electron chi connectivity index (χ0n) is 15.5. The molecule has 0 aliphatic carbocycles. The highest BCUT2D eigenvalue weighted by atomic mass is 32.2.